The SMILES string of the molecule is O=C(CCn1nnc2ccccc2c1=O)NCCCNc1ccc(C(F)(F)F)cn1. The van der Waals surface area contributed by atoms with E-state index in [-0.39, 0.29) is 24.4 Å². The molecule has 0 saturated heterocycles. The Hall–Kier alpha value is -3.50. The third kappa shape index (κ3) is 5.52. The molecule has 0 bridgehead atoms. The molecule has 0 radical (unpaired) electrons. The molecule has 0 unspecified atom stereocenters. The molecule has 0 aliphatic heterocycles. The maximum atomic E-state index is 12.5. The first-order valence-corrected chi connectivity index (χ1v) is 9.21. The normalized spacial score (nSPS) is 11.4. The lowest BCUT2D eigenvalue weighted by Crippen LogP contribution is -2.30. The van der Waals surface area contributed by atoms with Crippen molar-refractivity contribution in [1.29, 1.82) is 0 Å². The lowest BCUT2D eigenvalue weighted by atomic mass is 10.2. The van der Waals surface area contributed by atoms with Gasteiger partial charge in [-0.3, -0.25) is 9.59 Å². The molecule has 3 rings (SSSR count). The number of nitrogens with zero attached hydrogens (tertiary/aromatic N) is 4. The highest BCUT2D eigenvalue weighted by molar-refractivity contribution is 5.77. The average Bonchev–Trinajstić information content (AvgIpc) is 2.73. The van der Waals surface area contributed by atoms with Crippen molar-refractivity contribution in [3.63, 3.8) is 0 Å². The van der Waals surface area contributed by atoms with E-state index in [1.54, 1.807) is 24.3 Å². The van der Waals surface area contributed by atoms with Gasteiger partial charge in [-0.1, -0.05) is 17.3 Å². The van der Waals surface area contributed by atoms with Gasteiger partial charge in [0, 0.05) is 25.7 Å². The van der Waals surface area contributed by atoms with E-state index in [2.05, 4.69) is 25.9 Å². The van der Waals surface area contributed by atoms with Gasteiger partial charge in [-0.2, -0.15) is 13.2 Å². The molecule has 11 heteroatoms. The van der Waals surface area contributed by atoms with E-state index in [4.69, 9.17) is 0 Å². The van der Waals surface area contributed by atoms with E-state index >= 15 is 0 Å². The van der Waals surface area contributed by atoms with Crippen LogP contribution in [0.25, 0.3) is 10.9 Å². The van der Waals surface area contributed by atoms with Crippen LogP contribution in [-0.4, -0.2) is 39.0 Å². The third-order valence-electron chi connectivity index (χ3n) is 4.25. The number of carbonyl (C=O) groups is 1. The van der Waals surface area contributed by atoms with Crippen LogP contribution in [0, 0.1) is 0 Å². The number of fused-ring (bicyclic) bond motifs is 1. The van der Waals surface area contributed by atoms with Gasteiger partial charge < -0.3 is 10.6 Å². The maximum Gasteiger partial charge on any atom is 0.417 e. The first kappa shape index (κ1) is 21.2. The summed E-state index contributed by atoms with van der Waals surface area (Å²) in [5, 5.41) is 13.8. The number of nitrogens with one attached hydrogen (secondary N) is 2. The minimum absolute atomic E-state index is 0.0703. The van der Waals surface area contributed by atoms with E-state index in [9.17, 15) is 22.8 Å². The van der Waals surface area contributed by atoms with E-state index in [0.717, 1.165) is 16.9 Å². The number of halogens is 3. The zero-order valence-corrected chi connectivity index (χ0v) is 15.8. The maximum absolute atomic E-state index is 12.5. The summed E-state index contributed by atoms with van der Waals surface area (Å²) in [6.45, 7) is 0.898. The van der Waals surface area contributed by atoms with Gasteiger partial charge in [0.25, 0.3) is 5.56 Å². The highest BCUT2D eigenvalue weighted by Gasteiger charge is 2.30. The zero-order chi connectivity index (χ0) is 21.6. The summed E-state index contributed by atoms with van der Waals surface area (Å²) in [5.41, 5.74) is -0.615. The van der Waals surface area contributed by atoms with E-state index in [1.165, 1.54) is 6.07 Å². The number of pyridine rings is 1. The van der Waals surface area contributed by atoms with Crippen molar-refractivity contribution in [2.24, 2.45) is 0 Å². The van der Waals surface area contributed by atoms with Crippen molar-refractivity contribution in [3.05, 3.63) is 58.5 Å². The molecule has 1 amide bonds. The molecule has 0 spiro atoms. The molecule has 1 aromatic carbocycles. The van der Waals surface area contributed by atoms with Crippen molar-refractivity contribution in [2.45, 2.75) is 25.6 Å². The monoisotopic (exact) mass is 420 g/mol. The summed E-state index contributed by atoms with van der Waals surface area (Å²) in [6, 6.07) is 9.04. The number of aromatic nitrogens is 4. The van der Waals surface area contributed by atoms with Gasteiger partial charge in [-0.15, -0.1) is 5.10 Å². The number of anilines is 1. The molecule has 8 nitrogen and oxygen atoms in total. The minimum atomic E-state index is -4.42. The average molecular weight is 420 g/mol. The Labute approximate surface area is 169 Å². The van der Waals surface area contributed by atoms with Crippen molar-refractivity contribution in [1.82, 2.24) is 25.3 Å². The van der Waals surface area contributed by atoms with Crippen molar-refractivity contribution in [2.75, 3.05) is 18.4 Å². The molecule has 3 aromatic rings. The van der Waals surface area contributed by atoms with E-state index < -0.39 is 11.7 Å². The summed E-state index contributed by atoms with van der Waals surface area (Å²) in [5.74, 6) is 0.0769. The van der Waals surface area contributed by atoms with Crippen LogP contribution in [0.15, 0.2) is 47.4 Å². The predicted octanol–water partition coefficient (Wildman–Crippen LogP) is 2.21. The van der Waals surface area contributed by atoms with Gasteiger partial charge in [-0.25, -0.2) is 9.67 Å². The van der Waals surface area contributed by atoms with Crippen LogP contribution in [0.1, 0.15) is 18.4 Å². The lowest BCUT2D eigenvalue weighted by molar-refractivity contribution is -0.137. The fourth-order valence-corrected chi connectivity index (χ4v) is 2.66. The Bertz CT molecular complexity index is 1070. The van der Waals surface area contributed by atoms with Gasteiger partial charge in [-0.05, 0) is 30.7 Å². The molecule has 2 heterocycles. The molecule has 0 fully saturated rings. The summed E-state index contributed by atoms with van der Waals surface area (Å²) < 4.78 is 38.6. The molecule has 0 aliphatic carbocycles. The third-order valence-corrected chi connectivity index (χ3v) is 4.25. The predicted molar refractivity (Wildman–Crippen MR) is 104 cm³/mol. The highest BCUT2D eigenvalue weighted by atomic mass is 19.4. The quantitative estimate of drug-likeness (QED) is 0.542. The second-order valence-corrected chi connectivity index (χ2v) is 6.45. The number of benzene rings is 1. The van der Waals surface area contributed by atoms with Crippen LogP contribution in [-0.2, 0) is 17.5 Å². The van der Waals surface area contributed by atoms with Crippen LogP contribution >= 0.6 is 0 Å². The van der Waals surface area contributed by atoms with E-state index in [1.807, 2.05) is 0 Å². The Morgan fingerprint density at radius 2 is 1.90 bits per heavy atom. The van der Waals surface area contributed by atoms with Crippen LogP contribution in [0.3, 0.4) is 0 Å². The summed E-state index contributed by atoms with van der Waals surface area (Å²) >= 11 is 0. The van der Waals surface area contributed by atoms with Gasteiger partial charge in [0.2, 0.25) is 5.91 Å². The number of rotatable bonds is 8. The first-order valence-electron chi connectivity index (χ1n) is 9.21. The number of aryl methyl sites for hydroxylation is 1. The van der Waals surface area contributed by atoms with Gasteiger partial charge >= 0.3 is 6.18 Å². The number of hydrogen-bond donors (Lipinski definition) is 2. The topological polar surface area (TPSA) is 102 Å². The van der Waals surface area contributed by atoms with Crippen molar-refractivity contribution < 1.29 is 18.0 Å². The smallest absolute Gasteiger partial charge is 0.370 e. The van der Waals surface area contributed by atoms with Crippen molar-refractivity contribution >= 4 is 22.6 Å². The number of alkyl halides is 3. The van der Waals surface area contributed by atoms with Crippen LogP contribution in [0.4, 0.5) is 19.0 Å². The molecule has 2 aromatic heterocycles. The summed E-state index contributed by atoms with van der Waals surface area (Å²) in [7, 11) is 0. The molecule has 2 N–H and O–H groups in total. The molecular formula is C19H19F3N6O2. The van der Waals surface area contributed by atoms with Crippen LogP contribution < -0.4 is 16.2 Å². The Balaban J connectivity index is 1.37. The fraction of sp³-hybridized carbons (Fsp3) is 0.316. The summed E-state index contributed by atoms with van der Waals surface area (Å²) in [6.07, 6.45) is -3.04. The molecule has 0 saturated carbocycles. The van der Waals surface area contributed by atoms with Crippen molar-refractivity contribution in [3.8, 4) is 0 Å². The number of carbonyl (C=O) groups excluding carboxylic acids is 1. The Morgan fingerprint density at radius 1 is 1.10 bits per heavy atom. The molecule has 158 valence electrons. The summed E-state index contributed by atoms with van der Waals surface area (Å²) in [4.78, 5) is 28.0. The largest absolute Gasteiger partial charge is 0.417 e. The second-order valence-electron chi connectivity index (χ2n) is 6.45. The standard InChI is InChI=1S/C19H19F3N6O2/c20-19(21,22)13-6-7-16(25-12-13)23-9-3-10-24-17(29)8-11-28-18(30)14-4-1-2-5-15(14)26-27-28/h1-2,4-7,12H,3,8-11H2,(H,23,25)(H,24,29). The van der Waals surface area contributed by atoms with Crippen LogP contribution in [0.5, 0.6) is 0 Å². The zero-order valence-electron chi connectivity index (χ0n) is 15.8. The number of hydrogen-bond acceptors (Lipinski definition) is 6. The van der Waals surface area contributed by atoms with Crippen LogP contribution in [0.2, 0.25) is 0 Å². The molecule has 0 aliphatic rings. The Morgan fingerprint density at radius 3 is 2.63 bits per heavy atom. The molecule has 0 atom stereocenters. The van der Waals surface area contributed by atoms with Gasteiger partial charge in [0.1, 0.15) is 11.3 Å². The lowest BCUT2D eigenvalue weighted by Gasteiger charge is -2.09. The fourth-order valence-electron chi connectivity index (χ4n) is 2.66. The van der Waals surface area contributed by atoms with Gasteiger partial charge in [0.15, 0.2) is 0 Å². The second kappa shape index (κ2) is 9.33. The first-order chi connectivity index (χ1) is 14.3. The van der Waals surface area contributed by atoms with Gasteiger partial charge in [0.05, 0.1) is 17.5 Å². The minimum Gasteiger partial charge on any atom is -0.370 e. The Kier molecular flexibility index (Phi) is 6.60. The number of amides is 1. The molecule has 30 heavy (non-hydrogen) atoms. The molecular weight excluding hydrogens is 401 g/mol. The highest BCUT2D eigenvalue weighted by Crippen LogP contribution is 2.28. The van der Waals surface area contributed by atoms with E-state index in [0.29, 0.717) is 36.2 Å².